The van der Waals surface area contributed by atoms with E-state index < -0.39 is 0 Å². The van der Waals surface area contributed by atoms with Gasteiger partial charge in [-0.05, 0) is 37.4 Å². The van der Waals surface area contributed by atoms with Gasteiger partial charge in [-0.25, -0.2) is 0 Å². The molecule has 17 heavy (non-hydrogen) atoms. The molecule has 3 heteroatoms. The second kappa shape index (κ2) is 7.85. The van der Waals surface area contributed by atoms with Crippen LogP contribution in [0.3, 0.4) is 0 Å². The van der Waals surface area contributed by atoms with Gasteiger partial charge in [-0.2, -0.15) is 0 Å². The van der Waals surface area contributed by atoms with Crippen molar-refractivity contribution >= 4 is 5.91 Å². The summed E-state index contributed by atoms with van der Waals surface area (Å²) in [6.45, 7) is 6.20. The lowest BCUT2D eigenvalue weighted by molar-refractivity contribution is -0.120. The molecule has 3 nitrogen and oxygen atoms in total. The van der Waals surface area contributed by atoms with E-state index >= 15 is 0 Å². The molecule has 1 rings (SSSR count). The standard InChI is InChI=1S/C14H22N2O/c1-3-9-15-11-14(17)16-10-8-13-7-5-4-6-12(13)2/h4-7,15H,3,8-11H2,1-2H3,(H,16,17). The number of benzene rings is 1. The van der Waals surface area contributed by atoms with Crippen LogP contribution in [0.4, 0.5) is 0 Å². The van der Waals surface area contributed by atoms with Crippen LogP contribution in [-0.2, 0) is 11.2 Å². The van der Waals surface area contributed by atoms with E-state index in [4.69, 9.17) is 0 Å². The van der Waals surface area contributed by atoms with E-state index in [0.717, 1.165) is 19.4 Å². The van der Waals surface area contributed by atoms with E-state index in [1.807, 2.05) is 12.1 Å². The predicted octanol–water partition coefficient (Wildman–Crippen LogP) is 1.65. The molecule has 0 aliphatic carbocycles. The van der Waals surface area contributed by atoms with Crippen LogP contribution < -0.4 is 10.6 Å². The Hall–Kier alpha value is -1.35. The van der Waals surface area contributed by atoms with Gasteiger partial charge in [0.15, 0.2) is 0 Å². The second-order valence-electron chi connectivity index (χ2n) is 4.20. The molecule has 0 aromatic heterocycles. The first-order valence-corrected chi connectivity index (χ1v) is 6.26. The number of aryl methyl sites for hydroxylation is 1. The molecule has 1 amide bonds. The Morgan fingerprint density at radius 3 is 2.71 bits per heavy atom. The van der Waals surface area contributed by atoms with Gasteiger partial charge in [0.25, 0.3) is 0 Å². The number of hydrogen-bond donors (Lipinski definition) is 2. The van der Waals surface area contributed by atoms with Crippen molar-refractivity contribution in [2.24, 2.45) is 0 Å². The first-order valence-electron chi connectivity index (χ1n) is 6.26. The third-order valence-electron chi connectivity index (χ3n) is 2.69. The van der Waals surface area contributed by atoms with Crippen LogP contribution in [-0.4, -0.2) is 25.5 Å². The predicted molar refractivity (Wildman–Crippen MR) is 71.1 cm³/mol. The molecule has 0 radical (unpaired) electrons. The smallest absolute Gasteiger partial charge is 0.233 e. The van der Waals surface area contributed by atoms with Crippen molar-refractivity contribution in [2.75, 3.05) is 19.6 Å². The molecule has 0 heterocycles. The van der Waals surface area contributed by atoms with Crippen LogP contribution in [0.15, 0.2) is 24.3 Å². The Kier molecular flexibility index (Phi) is 6.33. The number of hydrogen-bond acceptors (Lipinski definition) is 2. The molecule has 0 atom stereocenters. The highest BCUT2D eigenvalue weighted by atomic mass is 16.1. The zero-order chi connectivity index (χ0) is 12.5. The topological polar surface area (TPSA) is 41.1 Å². The van der Waals surface area contributed by atoms with Crippen LogP contribution in [0.25, 0.3) is 0 Å². The lowest BCUT2D eigenvalue weighted by Gasteiger charge is -2.07. The average molecular weight is 234 g/mol. The highest BCUT2D eigenvalue weighted by molar-refractivity contribution is 5.77. The van der Waals surface area contributed by atoms with E-state index in [-0.39, 0.29) is 5.91 Å². The Bertz CT molecular complexity index is 350. The summed E-state index contributed by atoms with van der Waals surface area (Å²) >= 11 is 0. The minimum atomic E-state index is 0.0760. The molecule has 0 bridgehead atoms. The van der Waals surface area contributed by atoms with Crippen molar-refractivity contribution in [2.45, 2.75) is 26.7 Å². The molecule has 2 N–H and O–H groups in total. The number of carbonyl (C=O) groups is 1. The van der Waals surface area contributed by atoms with Crippen molar-refractivity contribution < 1.29 is 4.79 Å². The second-order valence-corrected chi connectivity index (χ2v) is 4.20. The van der Waals surface area contributed by atoms with Crippen molar-refractivity contribution in [3.8, 4) is 0 Å². The van der Waals surface area contributed by atoms with Gasteiger partial charge in [0, 0.05) is 6.54 Å². The summed E-state index contributed by atoms with van der Waals surface area (Å²) in [4.78, 5) is 11.4. The maximum Gasteiger partial charge on any atom is 0.233 e. The molecule has 94 valence electrons. The third kappa shape index (κ3) is 5.50. The largest absolute Gasteiger partial charge is 0.355 e. The third-order valence-corrected chi connectivity index (χ3v) is 2.69. The molecule has 0 unspecified atom stereocenters. The molecule has 0 fully saturated rings. The molecule has 0 saturated carbocycles. The van der Waals surface area contributed by atoms with Gasteiger partial charge < -0.3 is 10.6 Å². The summed E-state index contributed by atoms with van der Waals surface area (Å²) in [6.07, 6.45) is 1.95. The molecule has 0 saturated heterocycles. The van der Waals surface area contributed by atoms with Crippen LogP contribution in [0.2, 0.25) is 0 Å². The first-order chi connectivity index (χ1) is 8.24. The summed E-state index contributed by atoms with van der Waals surface area (Å²) < 4.78 is 0. The van der Waals surface area contributed by atoms with Crippen molar-refractivity contribution in [1.29, 1.82) is 0 Å². The molecular weight excluding hydrogens is 212 g/mol. The van der Waals surface area contributed by atoms with Crippen LogP contribution >= 0.6 is 0 Å². The number of nitrogens with one attached hydrogen (secondary N) is 2. The average Bonchev–Trinajstić information content (AvgIpc) is 2.32. The maximum absolute atomic E-state index is 11.4. The molecule has 0 spiro atoms. The summed E-state index contributed by atoms with van der Waals surface area (Å²) in [7, 11) is 0. The van der Waals surface area contributed by atoms with Gasteiger partial charge in [-0.1, -0.05) is 31.2 Å². The van der Waals surface area contributed by atoms with E-state index in [9.17, 15) is 4.79 Å². The van der Waals surface area contributed by atoms with Crippen molar-refractivity contribution in [3.05, 3.63) is 35.4 Å². The first kappa shape index (κ1) is 13.7. The zero-order valence-corrected chi connectivity index (χ0v) is 10.8. The Morgan fingerprint density at radius 1 is 1.24 bits per heavy atom. The highest BCUT2D eigenvalue weighted by Crippen LogP contribution is 2.06. The van der Waals surface area contributed by atoms with E-state index in [0.29, 0.717) is 13.1 Å². The summed E-state index contributed by atoms with van der Waals surface area (Å²) in [6, 6.07) is 8.27. The van der Waals surface area contributed by atoms with Gasteiger partial charge in [0.1, 0.15) is 0 Å². The van der Waals surface area contributed by atoms with Crippen LogP contribution in [0.1, 0.15) is 24.5 Å². The SMILES string of the molecule is CCCNCC(=O)NCCc1ccccc1C. The quantitative estimate of drug-likeness (QED) is 0.704. The van der Waals surface area contributed by atoms with Gasteiger partial charge in [-0.15, -0.1) is 0 Å². The minimum absolute atomic E-state index is 0.0760. The number of rotatable bonds is 7. The normalized spacial score (nSPS) is 10.2. The summed E-state index contributed by atoms with van der Waals surface area (Å²) in [5.41, 5.74) is 2.58. The van der Waals surface area contributed by atoms with Gasteiger partial charge in [0.2, 0.25) is 5.91 Å². The van der Waals surface area contributed by atoms with E-state index in [1.54, 1.807) is 0 Å². The van der Waals surface area contributed by atoms with Crippen LogP contribution in [0.5, 0.6) is 0 Å². The lowest BCUT2D eigenvalue weighted by Crippen LogP contribution is -2.35. The molecular formula is C14H22N2O. The Balaban J connectivity index is 2.19. The monoisotopic (exact) mass is 234 g/mol. The molecule has 0 aliphatic heterocycles. The molecule has 1 aromatic rings. The molecule has 1 aromatic carbocycles. The fourth-order valence-corrected chi connectivity index (χ4v) is 1.67. The van der Waals surface area contributed by atoms with Gasteiger partial charge >= 0.3 is 0 Å². The fourth-order valence-electron chi connectivity index (χ4n) is 1.67. The number of carbonyl (C=O) groups excluding carboxylic acids is 1. The van der Waals surface area contributed by atoms with Crippen molar-refractivity contribution in [1.82, 2.24) is 10.6 Å². The Labute approximate surface area is 104 Å². The lowest BCUT2D eigenvalue weighted by atomic mass is 10.1. The summed E-state index contributed by atoms with van der Waals surface area (Å²) in [5.74, 6) is 0.0760. The Morgan fingerprint density at radius 2 is 2.00 bits per heavy atom. The van der Waals surface area contributed by atoms with Crippen LogP contribution in [0, 0.1) is 6.92 Å². The summed E-state index contributed by atoms with van der Waals surface area (Å²) in [5, 5.41) is 6.00. The van der Waals surface area contributed by atoms with Gasteiger partial charge in [-0.3, -0.25) is 4.79 Å². The minimum Gasteiger partial charge on any atom is -0.355 e. The van der Waals surface area contributed by atoms with E-state index in [1.165, 1.54) is 11.1 Å². The maximum atomic E-state index is 11.4. The van der Waals surface area contributed by atoms with Gasteiger partial charge in [0.05, 0.1) is 6.54 Å². The molecule has 0 aliphatic rings. The highest BCUT2D eigenvalue weighted by Gasteiger charge is 2.00. The fraction of sp³-hybridized carbons (Fsp3) is 0.500. The van der Waals surface area contributed by atoms with E-state index in [2.05, 4.69) is 36.6 Å². The number of amides is 1. The van der Waals surface area contributed by atoms with Crippen molar-refractivity contribution in [3.63, 3.8) is 0 Å². The zero-order valence-electron chi connectivity index (χ0n) is 10.8.